The van der Waals surface area contributed by atoms with Gasteiger partial charge in [0.05, 0.1) is 5.56 Å². The lowest BCUT2D eigenvalue weighted by Gasteiger charge is -2.32. The molecule has 4 nitrogen and oxygen atoms in total. The summed E-state index contributed by atoms with van der Waals surface area (Å²) in [6, 6.07) is 15.2. The van der Waals surface area contributed by atoms with Crippen LogP contribution in [-0.2, 0) is 11.2 Å². The van der Waals surface area contributed by atoms with Gasteiger partial charge in [-0.1, -0.05) is 42.5 Å². The Hall–Kier alpha value is -2.62. The number of ketones is 1. The van der Waals surface area contributed by atoms with Crippen LogP contribution in [0.25, 0.3) is 0 Å². The molecule has 4 heteroatoms. The fourth-order valence-corrected chi connectivity index (χ4v) is 3.54. The summed E-state index contributed by atoms with van der Waals surface area (Å²) in [5, 5.41) is 10.2. The van der Waals surface area contributed by atoms with E-state index in [0.717, 1.165) is 24.8 Å². The van der Waals surface area contributed by atoms with E-state index in [-0.39, 0.29) is 23.4 Å². The molecule has 2 aromatic carbocycles. The molecule has 1 amide bonds. The molecule has 1 N–H and O–H groups in total. The van der Waals surface area contributed by atoms with E-state index >= 15 is 0 Å². The van der Waals surface area contributed by atoms with Gasteiger partial charge in [-0.15, -0.1) is 0 Å². The lowest BCUT2D eigenvalue weighted by atomic mass is 9.90. The summed E-state index contributed by atoms with van der Waals surface area (Å²) in [7, 11) is 0. The van der Waals surface area contributed by atoms with Crippen molar-refractivity contribution in [2.75, 3.05) is 13.1 Å². The maximum absolute atomic E-state index is 12.8. The molecule has 1 unspecified atom stereocenters. The van der Waals surface area contributed by atoms with Gasteiger partial charge in [0.2, 0.25) is 0 Å². The standard InChI is InChI=1S/C22H25NO3/c1-16-7-5-11-19(21(16)25)22(26)23-14-6-10-18(15-23)20(24)13-12-17-8-3-2-4-9-17/h2-5,7-9,11,18,25H,6,10,12-15H2,1H3. The van der Waals surface area contributed by atoms with E-state index in [1.54, 1.807) is 30.0 Å². The van der Waals surface area contributed by atoms with Gasteiger partial charge < -0.3 is 10.0 Å². The highest BCUT2D eigenvalue weighted by molar-refractivity contribution is 5.97. The number of hydrogen-bond donors (Lipinski definition) is 1. The number of hydrogen-bond acceptors (Lipinski definition) is 3. The quantitative estimate of drug-likeness (QED) is 0.892. The van der Waals surface area contributed by atoms with Crippen LogP contribution < -0.4 is 0 Å². The molecule has 1 fully saturated rings. The smallest absolute Gasteiger partial charge is 0.257 e. The third kappa shape index (κ3) is 4.13. The largest absolute Gasteiger partial charge is 0.507 e. The molecule has 1 aliphatic rings. The average molecular weight is 351 g/mol. The zero-order valence-electron chi connectivity index (χ0n) is 15.1. The van der Waals surface area contributed by atoms with E-state index in [2.05, 4.69) is 0 Å². The molecular weight excluding hydrogens is 326 g/mol. The molecule has 26 heavy (non-hydrogen) atoms. The van der Waals surface area contributed by atoms with Gasteiger partial charge in [-0.05, 0) is 43.4 Å². The molecular formula is C22H25NO3. The van der Waals surface area contributed by atoms with E-state index in [0.29, 0.717) is 30.6 Å². The summed E-state index contributed by atoms with van der Waals surface area (Å²) in [6.07, 6.45) is 2.90. The maximum atomic E-state index is 12.8. The number of rotatable bonds is 5. The van der Waals surface area contributed by atoms with Gasteiger partial charge >= 0.3 is 0 Å². The SMILES string of the molecule is Cc1cccc(C(=O)N2CCCC(C(=O)CCc3ccccc3)C2)c1O. The van der Waals surface area contributed by atoms with Crippen molar-refractivity contribution in [1.82, 2.24) is 4.90 Å². The van der Waals surface area contributed by atoms with Crippen molar-refractivity contribution in [3.05, 3.63) is 65.2 Å². The van der Waals surface area contributed by atoms with Crippen molar-refractivity contribution < 1.29 is 14.7 Å². The van der Waals surface area contributed by atoms with Crippen LogP contribution in [0.1, 0.15) is 40.7 Å². The van der Waals surface area contributed by atoms with Gasteiger partial charge in [0.25, 0.3) is 5.91 Å². The monoisotopic (exact) mass is 351 g/mol. The Morgan fingerprint density at radius 2 is 1.88 bits per heavy atom. The Balaban J connectivity index is 1.62. The van der Waals surface area contributed by atoms with Crippen LogP contribution in [0.2, 0.25) is 0 Å². The van der Waals surface area contributed by atoms with Gasteiger partial charge in [-0.2, -0.15) is 0 Å². The van der Waals surface area contributed by atoms with E-state index < -0.39 is 0 Å². The summed E-state index contributed by atoms with van der Waals surface area (Å²) in [5.74, 6) is -0.0371. The number of carbonyl (C=O) groups is 2. The van der Waals surface area contributed by atoms with Crippen molar-refractivity contribution in [3.63, 3.8) is 0 Å². The molecule has 1 heterocycles. The molecule has 0 radical (unpaired) electrons. The molecule has 0 aromatic heterocycles. The molecule has 0 saturated carbocycles. The second-order valence-electron chi connectivity index (χ2n) is 7.01. The van der Waals surface area contributed by atoms with Crippen molar-refractivity contribution in [2.24, 2.45) is 5.92 Å². The number of Topliss-reactive ketones (excluding diaryl/α,β-unsaturated/α-hetero) is 1. The van der Waals surface area contributed by atoms with E-state index in [1.165, 1.54) is 0 Å². The van der Waals surface area contributed by atoms with Gasteiger partial charge in [-0.3, -0.25) is 9.59 Å². The number of piperidine rings is 1. The first-order valence-electron chi connectivity index (χ1n) is 9.20. The number of phenolic OH excluding ortho intramolecular Hbond substituents is 1. The number of likely N-dealkylation sites (tertiary alicyclic amines) is 1. The number of aromatic hydroxyl groups is 1. The zero-order valence-corrected chi connectivity index (χ0v) is 15.1. The minimum Gasteiger partial charge on any atom is -0.507 e. The average Bonchev–Trinajstić information content (AvgIpc) is 2.68. The van der Waals surface area contributed by atoms with Crippen LogP contribution in [0.15, 0.2) is 48.5 Å². The fraction of sp³-hybridized carbons (Fsp3) is 0.364. The highest BCUT2D eigenvalue weighted by Crippen LogP contribution is 2.26. The van der Waals surface area contributed by atoms with Crippen molar-refractivity contribution in [3.8, 4) is 5.75 Å². The lowest BCUT2D eigenvalue weighted by molar-refractivity contribution is -0.124. The normalized spacial score (nSPS) is 17.1. The van der Waals surface area contributed by atoms with Crippen molar-refractivity contribution in [1.29, 1.82) is 0 Å². The Morgan fingerprint density at radius 3 is 2.65 bits per heavy atom. The third-order valence-corrected chi connectivity index (χ3v) is 5.14. The first-order valence-corrected chi connectivity index (χ1v) is 9.20. The Labute approximate surface area is 154 Å². The van der Waals surface area contributed by atoms with Crippen LogP contribution >= 0.6 is 0 Å². The Kier molecular flexibility index (Phi) is 5.71. The number of phenols is 1. The van der Waals surface area contributed by atoms with Gasteiger partial charge in [0.1, 0.15) is 11.5 Å². The minimum atomic E-state index is -0.188. The third-order valence-electron chi connectivity index (χ3n) is 5.14. The topological polar surface area (TPSA) is 57.6 Å². The van der Waals surface area contributed by atoms with E-state index in [9.17, 15) is 14.7 Å². The molecule has 136 valence electrons. The van der Waals surface area contributed by atoms with Crippen molar-refractivity contribution >= 4 is 11.7 Å². The first-order chi connectivity index (χ1) is 12.6. The first kappa shape index (κ1) is 18.2. The summed E-state index contributed by atoms with van der Waals surface area (Å²) < 4.78 is 0. The Morgan fingerprint density at radius 1 is 1.12 bits per heavy atom. The van der Waals surface area contributed by atoms with Crippen molar-refractivity contribution in [2.45, 2.75) is 32.6 Å². The van der Waals surface area contributed by atoms with Gasteiger partial charge in [0, 0.05) is 25.4 Å². The number of benzene rings is 2. The maximum Gasteiger partial charge on any atom is 0.257 e. The molecule has 0 aliphatic carbocycles. The Bertz CT molecular complexity index is 785. The summed E-state index contributed by atoms with van der Waals surface area (Å²) >= 11 is 0. The zero-order chi connectivity index (χ0) is 18.5. The number of carbonyl (C=O) groups excluding carboxylic acids is 2. The molecule has 0 spiro atoms. The van der Waals surface area contributed by atoms with E-state index in [1.807, 2.05) is 30.3 Å². The summed E-state index contributed by atoms with van der Waals surface area (Å²) in [6.45, 7) is 2.85. The molecule has 0 bridgehead atoms. The predicted molar refractivity (Wildman–Crippen MR) is 101 cm³/mol. The minimum absolute atomic E-state index is 0.0371. The second kappa shape index (κ2) is 8.17. The van der Waals surface area contributed by atoms with Crippen LogP contribution in [0.3, 0.4) is 0 Å². The second-order valence-corrected chi connectivity index (χ2v) is 7.01. The number of amides is 1. The fourth-order valence-electron chi connectivity index (χ4n) is 3.54. The highest BCUT2D eigenvalue weighted by Gasteiger charge is 2.29. The molecule has 3 rings (SSSR count). The van der Waals surface area contributed by atoms with Crippen LogP contribution in [0.4, 0.5) is 0 Å². The lowest BCUT2D eigenvalue weighted by Crippen LogP contribution is -2.42. The van der Waals surface area contributed by atoms with Crippen LogP contribution in [0.5, 0.6) is 5.75 Å². The highest BCUT2D eigenvalue weighted by atomic mass is 16.3. The molecule has 1 atom stereocenters. The number of para-hydroxylation sites is 1. The molecule has 1 saturated heterocycles. The van der Waals surface area contributed by atoms with Crippen LogP contribution in [0, 0.1) is 12.8 Å². The summed E-state index contributed by atoms with van der Waals surface area (Å²) in [5.41, 5.74) is 2.17. The van der Waals surface area contributed by atoms with Gasteiger partial charge in [0.15, 0.2) is 0 Å². The predicted octanol–water partition coefficient (Wildman–Crippen LogP) is 3.75. The number of aryl methyl sites for hydroxylation is 2. The summed E-state index contributed by atoms with van der Waals surface area (Å²) in [4.78, 5) is 27.1. The number of nitrogens with zero attached hydrogens (tertiary/aromatic N) is 1. The van der Waals surface area contributed by atoms with E-state index in [4.69, 9.17) is 0 Å². The van der Waals surface area contributed by atoms with Gasteiger partial charge in [-0.25, -0.2) is 0 Å². The molecule has 2 aromatic rings. The molecule has 1 aliphatic heterocycles. The van der Waals surface area contributed by atoms with Crippen LogP contribution in [-0.4, -0.2) is 34.8 Å².